The van der Waals surface area contributed by atoms with Crippen molar-refractivity contribution in [3.05, 3.63) is 35.4 Å². The van der Waals surface area contributed by atoms with E-state index in [2.05, 4.69) is 0 Å². The first-order valence-electron chi connectivity index (χ1n) is 13.5. The fourth-order valence-corrected chi connectivity index (χ4v) is 5.70. The predicted octanol–water partition coefficient (Wildman–Crippen LogP) is 6.30. The lowest BCUT2D eigenvalue weighted by Crippen LogP contribution is -2.60. The van der Waals surface area contributed by atoms with Gasteiger partial charge >= 0.3 is 12.4 Å². The number of nitrogens with zero attached hydrogens (tertiary/aromatic N) is 3. The fourth-order valence-electron chi connectivity index (χ4n) is 5.70. The van der Waals surface area contributed by atoms with Gasteiger partial charge in [0.1, 0.15) is 0 Å². The molecule has 39 heavy (non-hydrogen) atoms. The highest BCUT2D eigenvalue weighted by atomic mass is 19.4. The van der Waals surface area contributed by atoms with Gasteiger partial charge in [0, 0.05) is 64.6 Å². The number of piperazine rings is 1. The zero-order chi connectivity index (χ0) is 29.2. The number of benzene rings is 1. The fraction of sp³-hybridized carbons (Fsp3) is 0.714. The van der Waals surface area contributed by atoms with Crippen molar-refractivity contribution >= 4 is 11.8 Å². The molecule has 0 radical (unpaired) electrons. The van der Waals surface area contributed by atoms with Crippen LogP contribution in [0.15, 0.2) is 24.3 Å². The molecule has 3 rings (SSSR count). The molecule has 2 aliphatic rings. The van der Waals surface area contributed by atoms with E-state index in [0.29, 0.717) is 44.7 Å². The average Bonchev–Trinajstić information content (AvgIpc) is 2.83. The minimum Gasteiger partial charge on any atom is -0.343 e. The van der Waals surface area contributed by atoms with Crippen LogP contribution in [0.2, 0.25) is 0 Å². The zero-order valence-corrected chi connectivity index (χ0v) is 23.0. The summed E-state index contributed by atoms with van der Waals surface area (Å²) in [6.45, 7) is 9.70. The van der Waals surface area contributed by atoms with Crippen molar-refractivity contribution in [2.24, 2.45) is 11.3 Å². The summed E-state index contributed by atoms with van der Waals surface area (Å²) in [5.41, 5.74) is -0.823. The van der Waals surface area contributed by atoms with E-state index in [1.807, 2.05) is 30.6 Å². The highest BCUT2D eigenvalue weighted by Gasteiger charge is 2.41. The van der Waals surface area contributed by atoms with Gasteiger partial charge in [0.25, 0.3) is 0 Å². The van der Waals surface area contributed by atoms with Gasteiger partial charge in [-0.2, -0.15) is 26.3 Å². The molecule has 1 aromatic rings. The molecule has 2 fully saturated rings. The molecule has 0 saturated carbocycles. The third kappa shape index (κ3) is 8.59. The van der Waals surface area contributed by atoms with Crippen molar-refractivity contribution in [2.75, 3.05) is 32.7 Å². The topological polar surface area (TPSA) is 43.9 Å². The lowest BCUT2D eigenvalue weighted by atomic mass is 9.82. The van der Waals surface area contributed by atoms with E-state index < -0.39 is 30.4 Å². The van der Waals surface area contributed by atoms with E-state index >= 15 is 0 Å². The minimum atomic E-state index is -4.54. The van der Waals surface area contributed by atoms with E-state index in [1.54, 1.807) is 4.90 Å². The van der Waals surface area contributed by atoms with E-state index in [-0.39, 0.29) is 35.6 Å². The van der Waals surface area contributed by atoms with Gasteiger partial charge in [-0.3, -0.25) is 14.5 Å². The van der Waals surface area contributed by atoms with Crippen molar-refractivity contribution < 1.29 is 35.9 Å². The number of rotatable bonds is 6. The third-order valence-electron chi connectivity index (χ3n) is 8.02. The smallest absolute Gasteiger partial charge is 0.343 e. The number of amides is 2. The zero-order valence-electron chi connectivity index (χ0n) is 23.0. The Hall–Kier alpha value is -2.30. The summed E-state index contributed by atoms with van der Waals surface area (Å²) in [5.74, 6) is 0.187. The molecule has 2 heterocycles. The maximum atomic E-state index is 13.4. The summed E-state index contributed by atoms with van der Waals surface area (Å²) in [4.78, 5) is 30.6. The van der Waals surface area contributed by atoms with E-state index in [4.69, 9.17) is 0 Å². The van der Waals surface area contributed by atoms with Crippen LogP contribution in [0.25, 0.3) is 0 Å². The summed E-state index contributed by atoms with van der Waals surface area (Å²) >= 11 is 0. The molecule has 2 aliphatic heterocycles. The van der Waals surface area contributed by atoms with Gasteiger partial charge in [-0.15, -0.1) is 0 Å². The number of piperidine rings is 1. The van der Waals surface area contributed by atoms with Crippen LogP contribution >= 0.6 is 0 Å². The van der Waals surface area contributed by atoms with E-state index in [1.165, 1.54) is 19.1 Å². The first kappa shape index (κ1) is 31.2. The number of hydrogen-bond donors (Lipinski definition) is 0. The Kier molecular flexibility index (Phi) is 9.66. The second-order valence-corrected chi connectivity index (χ2v) is 11.9. The highest BCUT2D eigenvalue weighted by Crippen LogP contribution is 2.38. The van der Waals surface area contributed by atoms with E-state index in [0.717, 1.165) is 25.0 Å². The summed E-state index contributed by atoms with van der Waals surface area (Å²) in [6.07, 6.45) is -8.42. The van der Waals surface area contributed by atoms with Crippen LogP contribution in [0.5, 0.6) is 0 Å². The first-order chi connectivity index (χ1) is 18.0. The Balaban J connectivity index is 1.77. The number of alkyl halides is 6. The molecule has 2 saturated heterocycles. The standard InChI is InChI=1S/C28H39F6N3O2/c1-19(38)35-13-10-20(11-14-35)17-25(39)37-16-15-36(18-24(37)26(2,3)4)23(9-12-27(29,30)31)21-5-7-22(8-6-21)28(32,33)34/h5-8,20,23-24H,9-18H2,1-4H3. The van der Waals surface area contributed by atoms with Crippen LogP contribution in [-0.2, 0) is 15.8 Å². The number of halogens is 6. The maximum absolute atomic E-state index is 13.4. The molecule has 0 N–H and O–H groups in total. The molecule has 2 amide bonds. The Morgan fingerprint density at radius 2 is 1.51 bits per heavy atom. The Morgan fingerprint density at radius 1 is 0.923 bits per heavy atom. The molecule has 5 nitrogen and oxygen atoms in total. The third-order valence-corrected chi connectivity index (χ3v) is 8.02. The quantitative estimate of drug-likeness (QED) is 0.382. The second-order valence-electron chi connectivity index (χ2n) is 11.9. The summed E-state index contributed by atoms with van der Waals surface area (Å²) in [7, 11) is 0. The maximum Gasteiger partial charge on any atom is 0.416 e. The predicted molar refractivity (Wildman–Crippen MR) is 136 cm³/mol. The lowest BCUT2D eigenvalue weighted by molar-refractivity contribution is -0.144. The normalized spacial score (nSPS) is 21.2. The van der Waals surface area contributed by atoms with Gasteiger partial charge in [-0.1, -0.05) is 32.9 Å². The van der Waals surface area contributed by atoms with Crippen LogP contribution in [-0.4, -0.2) is 71.5 Å². The Labute approximate surface area is 226 Å². The van der Waals surface area contributed by atoms with Gasteiger partial charge in [-0.05, 0) is 48.3 Å². The molecule has 11 heteroatoms. The molecule has 0 aliphatic carbocycles. The molecule has 1 aromatic carbocycles. The van der Waals surface area contributed by atoms with Gasteiger partial charge in [0.2, 0.25) is 11.8 Å². The Bertz CT molecular complexity index is 979. The molecular formula is C28H39F6N3O2. The van der Waals surface area contributed by atoms with Crippen LogP contribution in [0, 0.1) is 11.3 Å². The lowest BCUT2D eigenvalue weighted by Gasteiger charge is -2.50. The molecule has 0 bridgehead atoms. The molecule has 0 aromatic heterocycles. The van der Waals surface area contributed by atoms with Gasteiger partial charge < -0.3 is 9.80 Å². The van der Waals surface area contributed by atoms with Gasteiger partial charge in [-0.25, -0.2) is 0 Å². The summed E-state index contributed by atoms with van der Waals surface area (Å²) in [6, 6.07) is 3.34. The van der Waals surface area contributed by atoms with Crippen molar-refractivity contribution in [1.82, 2.24) is 14.7 Å². The minimum absolute atomic E-state index is 0.00257. The summed E-state index contributed by atoms with van der Waals surface area (Å²) < 4.78 is 78.9. The van der Waals surface area contributed by atoms with Crippen LogP contribution in [0.4, 0.5) is 26.3 Å². The van der Waals surface area contributed by atoms with E-state index in [9.17, 15) is 35.9 Å². The SMILES string of the molecule is CC(=O)N1CCC(CC(=O)N2CCN(C(CCC(F)(F)F)c3ccc(C(F)(F)F)cc3)CC2C(C)(C)C)CC1. The highest BCUT2D eigenvalue weighted by molar-refractivity contribution is 5.77. The number of carbonyl (C=O) groups is 2. The molecule has 2 unspecified atom stereocenters. The average molecular weight is 564 g/mol. The van der Waals surface area contributed by atoms with Crippen LogP contribution in [0.3, 0.4) is 0 Å². The van der Waals surface area contributed by atoms with Gasteiger partial charge in [0.05, 0.1) is 5.56 Å². The van der Waals surface area contributed by atoms with Crippen LogP contribution < -0.4 is 0 Å². The van der Waals surface area contributed by atoms with Crippen LogP contribution in [0.1, 0.15) is 77.0 Å². The van der Waals surface area contributed by atoms with Crippen molar-refractivity contribution in [2.45, 2.75) is 84.2 Å². The molecule has 0 spiro atoms. The second kappa shape index (κ2) is 12.1. The first-order valence-corrected chi connectivity index (χ1v) is 13.5. The Morgan fingerprint density at radius 3 is 2.00 bits per heavy atom. The van der Waals surface area contributed by atoms with Crippen molar-refractivity contribution in [3.8, 4) is 0 Å². The summed E-state index contributed by atoms with van der Waals surface area (Å²) in [5, 5.41) is 0. The molecule has 220 valence electrons. The van der Waals surface area contributed by atoms with Gasteiger partial charge in [0.15, 0.2) is 0 Å². The number of carbonyl (C=O) groups excluding carboxylic acids is 2. The largest absolute Gasteiger partial charge is 0.416 e. The number of hydrogen-bond acceptors (Lipinski definition) is 3. The molecular weight excluding hydrogens is 524 g/mol. The monoisotopic (exact) mass is 563 g/mol. The van der Waals surface area contributed by atoms with Crippen molar-refractivity contribution in [1.29, 1.82) is 0 Å². The molecule has 2 atom stereocenters. The number of likely N-dealkylation sites (tertiary alicyclic amines) is 1. The van der Waals surface area contributed by atoms with Crippen molar-refractivity contribution in [3.63, 3.8) is 0 Å².